The number of anilines is 2. The van der Waals surface area contributed by atoms with Crippen molar-refractivity contribution in [2.75, 3.05) is 10.6 Å². The summed E-state index contributed by atoms with van der Waals surface area (Å²) in [6.45, 7) is 5.57. The van der Waals surface area contributed by atoms with Crippen molar-refractivity contribution >= 4 is 17.3 Å². The van der Waals surface area contributed by atoms with E-state index in [4.69, 9.17) is 0 Å². The second-order valence-electron chi connectivity index (χ2n) is 6.58. The third kappa shape index (κ3) is 5.40. The molecule has 0 radical (unpaired) electrons. The number of halogens is 6. The van der Waals surface area contributed by atoms with E-state index in [0.717, 1.165) is 5.56 Å². The number of benzene rings is 2. The molecule has 9 heteroatoms. The highest BCUT2D eigenvalue weighted by Crippen LogP contribution is 2.37. The summed E-state index contributed by atoms with van der Waals surface area (Å²) in [4.78, 5) is 12.4. The lowest BCUT2D eigenvalue weighted by atomic mass is 10.1. The van der Waals surface area contributed by atoms with Gasteiger partial charge in [-0.15, -0.1) is 0 Å². The van der Waals surface area contributed by atoms with Crippen LogP contribution < -0.4 is 10.6 Å². The highest BCUT2D eigenvalue weighted by atomic mass is 19.4. The highest BCUT2D eigenvalue weighted by Gasteiger charge is 2.37. The van der Waals surface area contributed by atoms with Crippen LogP contribution in [0.1, 0.15) is 40.9 Å². The van der Waals surface area contributed by atoms with Crippen molar-refractivity contribution in [3.63, 3.8) is 0 Å². The second-order valence-corrected chi connectivity index (χ2v) is 6.58. The van der Waals surface area contributed by atoms with Crippen molar-refractivity contribution in [1.29, 1.82) is 0 Å². The van der Waals surface area contributed by atoms with Gasteiger partial charge in [-0.3, -0.25) is 4.79 Å². The summed E-state index contributed by atoms with van der Waals surface area (Å²) in [7, 11) is 0. The van der Waals surface area contributed by atoms with Crippen molar-refractivity contribution < 1.29 is 31.1 Å². The third-order valence-electron chi connectivity index (χ3n) is 3.79. The van der Waals surface area contributed by atoms with Gasteiger partial charge in [-0.1, -0.05) is 6.07 Å². The Hall–Kier alpha value is -2.71. The van der Waals surface area contributed by atoms with Gasteiger partial charge in [0.25, 0.3) is 5.91 Å². The molecule has 152 valence electrons. The van der Waals surface area contributed by atoms with Gasteiger partial charge in [0, 0.05) is 23.0 Å². The fraction of sp³-hybridized carbons (Fsp3) is 0.316. The Balaban J connectivity index is 2.38. The van der Waals surface area contributed by atoms with E-state index >= 15 is 0 Å². The van der Waals surface area contributed by atoms with E-state index in [1.165, 1.54) is 12.1 Å². The molecule has 2 N–H and O–H groups in total. The fourth-order valence-corrected chi connectivity index (χ4v) is 2.46. The number of carbonyl (C=O) groups excluding carboxylic acids is 1. The van der Waals surface area contributed by atoms with Gasteiger partial charge in [0.05, 0.1) is 11.1 Å². The summed E-state index contributed by atoms with van der Waals surface area (Å²) < 4.78 is 77.6. The largest absolute Gasteiger partial charge is 0.416 e. The Morgan fingerprint density at radius 3 is 1.89 bits per heavy atom. The van der Waals surface area contributed by atoms with Crippen LogP contribution in [0.15, 0.2) is 36.4 Å². The van der Waals surface area contributed by atoms with Crippen LogP contribution in [0, 0.1) is 6.92 Å². The molecule has 0 aliphatic rings. The number of alkyl halides is 6. The maximum Gasteiger partial charge on any atom is 0.416 e. The van der Waals surface area contributed by atoms with E-state index in [1.54, 1.807) is 13.0 Å². The van der Waals surface area contributed by atoms with Gasteiger partial charge < -0.3 is 10.6 Å². The van der Waals surface area contributed by atoms with E-state index in [9.17, 15) is 31.1 Å². The van der Waals surface area contributed by atoms with Crippen molar-refractivity contribution in [1.82, 2.24) is 0 Å². The van der Waals surface area contributed by atoms with Crippen LogP contribution in [-0.2, 0) is 12.4 Å². The molecule has 2 rings (SSSR count). The molecule has 0 saturated heterocycles. The molecule has 3 nitrogen and oxygen atoms in total. The molecule has 1 amide bonds. The van der Waals surface area contributed by atoms with E-state index in [1.807, 2.05) is 13.8 Å². The van der Waals surface area contributed by atoms with Crippen LogP contribution >= 0.6 is 0 Å². The van der Waals surface area contributed by atoms with Crippen LogP contribution in [0.3, 0.4) is 0 Å². The maximum atomic E-state index is 12.9. The smallest absolute Gasteiger partial charge is 0.383 e. The van der Waals surface area contributed by atoms with Crippen LogP contribution in [0.4, 0.5) is 37.7 Å². The molecule has 0 fully saturated rings. The standard InChI is InChI=1S/C19H18F6N2O/c1-10(2)26-16-6-12(5-4-11(16)3)17(28)27-15-8-13(18(20,21)22)7-14(9-15)19(23,24)25/h4-10,26H,1-3H3,(H,27,28). The molecule has 0 unspecified atom stereocenters. The lowest BCUT2D eigenvalue weighted by Gasteiger charge is -2.16. The van der Waals surface area contributed by atoms with Crippen molar-refractivity contribution in [3.05, 3.63) is 58.7 Å². The van der Waals surface area contributed by atoms with Gasteiger partial charge in [0.15, 0.2) is 0 Å². The summed E-state index contributed by atoms with van der Waals surface area (Å²) in [5.41, 5.74) is -2.01. The van der Waals surface area contributed by atoms with Gasteiger partial charge in [-0.25, -0.2) is 0 Å². The molecule has 0 spiro atoms. The first-order valence-corrected chi connectivity index (χ1v) is 8.25. The van der Waals surface area contributed by atoms with E-state index in [2.05, 4.69) is 10.6 Å². The predicted octanol–water partition coefficient (Wildman–Crippen LogP) is 6.11. The minimum atomic E-state index is -4.99. The Kier molecular flexibility index (Phi) is 5.96. The molecular weight excluding hydrogens is 386 g/mol. The molecule has 0 bridgehead atoms. The number of hydrogen-bond donors (Lipinski definition) is 2. The number of hydrogen-bond acceptors (Lipinski definition) is 2. The summed E-state index contributed by atoms with van der Waals surface area (Å²) >= 11 is 0. The SMILES string of the molecule is Cc1ccc(C(=O)Nc2cc(C(F)(F)F)cc(C(F)(F)F)c2)cc1NC(C)C. The fourth-order valence-electron chi connectivity index (χ4n) is 2.46. The van der Waals surface area contributed by atoms with E-state index in [0.29, 0.717) is 17.8 Å². The number of aryl methyl sites for hydroxylation is 1. The Morgan fingerprint density at radius 1 is 0.893 bits per heavy atom. The quantitative estimate of drug-likeness (QED) is 0.604. The monoisotopic (exact) mass is 404 g/mol. The molecule has 0 atom stereocenters. The lowest BCUT2D eigenvalue weighted by molar-refractivity contribution is -0.143. The van der Waals surface area contributed by atoms with E-state index < -0.39 is 35.1 Å². The van der Waals surface area contributed by atoms with Crippen molar-refractivity contribution in [3.8, 4) is 0 Å². The maximum absolute atomic E-state index is 12.9. The van der Waals surface area contributed by atoms with Gasteiger partial charge in [0.2, 0.25) is 0 Å². The molecule has 0 aromatic heterocycles. The van der Waals surface area contributed by atoms with Gasteiger partial charge in [-0.2, -0.15) is 26.3 Å². The number of nitrogens with one attached hydrogen (secondary N) is 2. The Labute approximate surface area is 157 Å². The third-order valence-corrected chi connectivity index (χ3v) is 3.79. The van der Waals surface area contributed by atoms with Gasteiger partial charge in [-0.05, 0) is 56.7 Å². The zero-order chi connectivity index (χ0) is 21.3. The van der Waals surface area contributed by atoms with Gasteiger partial charge in [0.1, 0.15) is 0 Å². The lowest BCUT2D eigenvalue weighted by Crippen LogP contribution is -2.17. The molecule has 28 heavy (non-hydrogen) atoms. The van der Waals surface area contributed by atoms with Crippen LogP contribution in [0.5, 0.6) is 0 Å². The summed E-state index contributed by atoms with van der Waals surface area (Å²) in [5, 5.41) is 5.23. The second kappa shape index (κ2) is 7.73. The first kappa shape index (κ1) is 21.6. The molecular formula is C19H18F6N2O. The molecule has 0 heterocycles. The number of amides is 1. The number of rotatable bonds is 4. The summed E-state index contributed by atoms with van der Waals surface area (Å²) in [6, 6.07) is 5.56. The highest BCUT2D eigenvalue weighted by molar-refractivity contribution is 6.05. The van der Waals surface area contributed by atoms with Gasteiger partial charge >= 0.3 is 12.4 Å². The molecule has 0 aliphatic heterocycles. The zero-order valence-corrected chi connectivity index (χ0v) is 15.2. The molecule has 0 aliphatic carbocycles. The number of carbonyl (C=O) groups is 1. The van der Waals surface area contributed by atoms with Crippen LogP contribution in [-0.4, -0.2) is 11.9 Å². The first-order chi connectivity index (χ1) is 12.8. The molecule has 0 saturated carbocycles. The Morgan fingerprint density at radius 2 is 1.43 bits per heavy atom. The predicted molar refractivity (Wildman–Crippen MR) is 94.3 cm³/mol. The first-order valence-electron chi connectivity index (χ1n) is 8.25. The molecule has 2 aromatic rings. The zero-order valence-electron chi connectivity index (χ0n) is 15.2. The Bertz CT molecular complexity index is 839. The molecule has 2 aromatic carbocycles. The topological polar surface area (TPSA) is 41.1 Å². The normalized spacial score (nSPS) is 12.2. The van der Waals surface area contributed by atoms with Crippen LogP contribution in [0.25, 0.3) is 0 Å². The summed E-state index contributed by atoms with van der Waals surface area (Å²) in [6.07, 6.45) is -9.97. The summed E-state index contributed by atoms with van der Waals surface area (Å²) in [5.74, 6) is -0.820. The van der Waals surface area contributed by atoms with Crippen molar-refractivity contribution in [2.24, 2.45) is 0 Å². The average Bonchev–Trinajstić information content (AvgIpc) is 2.54. The minimum absolute atomic E-state index is 0.00615. The van der Waals surface area contributed by atoms with E-state index in [-0.39, 0.29) is 17.7 Å². The average molecular weight is 404 g/mol. The minimum Gasteiger partial charge on any atom is -0.383 e. The van der Waals surface area contributed by atoms with Crippen LogP contribution in [0.2, 0.25) is 0 Å². The van der Waals surface area contributed by atoms with Crippen molar-refractivity contribution in [2.45, 2.75) is 39.2 Å².